The monoisotopic (exact) mass is 640 g/mol. The number of fused-ring (bicyclic) bond motifs is 1. The van der Waals surface area contributed by atoms with Crippen molar-refractivity contribution in [1.29, 1.82) is 0 Å². The van der Waals surface area contributed by atoms with E-state index < -0.39 is 16.1 Å². The van der Waals surface area contributed by atoms with E-state index in [2.05, 4.69) is 9.62 Å². The molecule has 1 atom stereocenters. The Balaban J connectivity index is 1.17. The Morgan fingerprint density at radius 2 is 1.76 bits per heavy atom. The molecule has 3 aliphatic heterocycles. The molecule has 0 spiro atoms. The van der Waals surface area contributed by atoms with Gasteiger partial charge < -0.3 is 9.47 Å². The molecule has 242 valence electrons. The maximum atomic E-state index is 13.6. The Labute approximate surface area is 262 Å². The average molecular weight is 641 g/mol. The van der Waals surface area contributed by atoms with Gasteiger partial charge in [0, 0.05) is 50.1 Å². The second kappa shape index (κ2) is 13.3. The third-order valence-electron chi connectivity index (χ3n) is 9.37. The summed E-state index contributed by atoms with van der Waals surface area (Å²) in [4.78, 5) is 31.0. The minimum Gasteiger partial charge on any atom is -0.492 e. The number of carbonyl (C=O) groups is 1. The van der Waals surface area contributed by atoms with Gasteiger partial charge in [-0.2, -0.15) is 17.8 Å². The van der Waals surface area contributed by atoms with Crippen LogP contribution in [0.1, 0.15) is 60.6 Å². The van der Waals surface area contributed by atoms with Crippen LogP contribution in [0.15, 0.2) is 36.4 Å². The maximum absolute atomic E-state index is 13.6. The van der Waals surface area contributed by atoms with Gasteiger partial charge in [-0.15, -0.1) is 0 Å². The molecule has 45 heavy (non-hydrogen) atoms. The van der Waals surface area contributed by atoms with Crippen molar-refractivity contribution in [1.82, 2.24) is 28.7 Å². The first-order valence-electron chi connectivity index (χ1n) is 16.0. The lowest BCUT2D eigenvalue weighted by atomic mass is 9.82. The number of piperidine rings is 1. The van der Waals surface area contributed by atoms with E-state index >= 15 is 0 Å². The summed E-state index contributed by atoms with van der Waals surface area (Å²) in [6.07, 6.45) is 5.32. The van der Waals surface area contributed by atoms with Crippen LogP contribution in [-0.2, 0) is 24.7 Å². The van der Waals surface area contributed by atoms with Crippen molar-refractivity contribution in [3.8, 4) is 11.4 Å². The molecule has 1 N–H and O–H groups in total. The Hall–Kier alpha value is -3.14. The van der Waals surface area contributed by atoms with Crippen LogP contribution >= 0.6 is 0 Å². The molecule has 5 heterocycles. The summed E-state index contributed by atoms with van der Waals surface area (Å²) in [5.74, 6) is 0.0201. The Bertz CT molecular complexity index is 1590. The molecule has 4 fully saturated rings. The molecule has 1 saturated carbocycles. The molecule has 7 rings (SSSR count). The summed E-state index contributed by atoms with van der Waals surface area (Å²) in [7, 11) is -4.09. The lowest BCUT2D eigenvalue weighted by Crippen LogP contribution is -2.52. The number of morpholine rings is 1. The zero-order valence-electron chi connectivity index (χ0n) is 25.3. The molecule has 1 aromatic carbocycles. The molecule has 0 bridgehead atoms. The highest BCUT2D eigenvalue weighted by Crippen LogP contribution is 2.42. The van der Waals surface area contributed by atoms with Gasteiger partial charge in [-0.25, -0.2) is 24.2 Å². The van der Waals surface area contributed by atoms with Crippen molar-refractivity contribution in [2.24, 2.45) is 5.92 Å². The van der Waals surface area contributed by atoms with Crippen molar-refractivity contribution in [2.75, 3.05) is 59.2 Å². The topological polar surface area (TPSA) is 137 Å². The quantitative estimate of drug-likeness (QED) is 0.348. The SMILES string of the molecule is O=C(NS(=O)(=O)N1CCC(N2CCOCC2)CC1)c1cc(OCC2CCOOC2)c2c(C3CCC3)nn(-c3ccccc3)c2n1. The van der Waals surface area contributed by atoms with Crippen molar-refractivity contribution >= 4 is 27.1 Å². The van der Waals surface area contributed by atoms with Crippen LogP contribution in [0, 0.1) is 5.92 Å². The van der Waals surface area contributed by atoms with Crippen molar-refractivity contribution in [3.05, 3.63) is 47.8 Å². The summed E-state index contributed by atoms with van der Waals surface area (Å²) in [6, 6.07) is 11.5. The summed E-state index contributed by atoms with van der Waals surface area (Å²) in [5, 5.41) is 5.74. The van der Waals surface area contributed by atoms with Crippen LogP contribution in [0.25, 0.3) is 16.7 Å². The fourth-order valence-corrected chi connectivity index (χ4v) is 7.68. The van der Waals surface area contributed by atoms with Gasteiger partial charge in [-0.05, 0) is 44.2 Å². The van der Waals surface area contributed by atoms with Crippen LogP contribution in [0.2, 0.25) is 0 Å². The number of aromatic nitrogens is 3. The molecule has 3 saturated heterocycles. The summed E-state index contributed by atoms with van der Waals surface area (Å²) < 4.78 is 44.1. The van der Waals surface area contributed by atoms with Crippen molar-refractivity contribution in [3.63, 3.8) is 0 Å². The smallest absolute Gasteiger partial charge is 0.304 e. The number of rotatable bonds is 9. The van der Waals surface area contributed by atoms with Gasteiger partial charge in [0.25, 0.3) is 5.91 Å². The van der Waals surface area contributed by atoms with Crippen molar-refractivity contribution < 1.29 is 32.5 Å². The van der Waals surface area contributed by atoms with Crippen LogP contribution in [0.4, 0.5) is 0 Å². The Morgan fingerprint density at radius 1 is 0.978 bits per heavy atom. The van der Waals surface area contributed by atoms with E-state index in [0.717, 1.165) is 55.5 Å². The first kappa shape index (κ1) is 30.5. The van der Waals surface area contributed by atoms with E-state index in [9.17, 15) is 13.2 Å². The molecule has 1 aliphatic carbocycles. The number of pyridine rings is 1. The molecule has 4 aliphatic rings. The van der Waals surface area contributed by atoms with Crippen molar-refractivity contribution in [2.45, 2.75) is 50.5 Å². The number of amides is 1. The first-order chi connectivity index (χ1) is 22.0. The number of para-hydroxylation sites is 1. The number of hydrogen-bond donors (Lipinski definition) is 1. The zero-order valence-corrected chi connectivity index (χ0v) is 26.1. The van der Waals surface area contributed by atoms with Crippen LogP contribution in [0.5, 0.6) is 5.75 Å². The summed E-state index contributed by atoms with van der Waals surface area (Å²) in [6.45, 7) is 5.02. The van der Waals surface area contributed by atoms with E-state index in [1.54, 1.807) is 10.7 Å². The standard InChI is InChI=1S/C31H40N6O7S/c38-31(34-45(39,40)36-12-9-24(10-13-36)35-14-17-41-18-15-35)26-19-27(42-20-22-11-16-43-44-21-22)28-29(23-5-4-6-23)33-37(30(28)32-26)25-7-2-1-3-8-25/h1-3,7-8,19,22-24H,4-6,9-18,20-21H2,(H,34,38). The Morgan fingerprint density at radius 3 is 2.44 bits per heavy atom. The second-order valence-corrected chi connectivity index (χ2v) is 13.9. The number of nitrogens with zero attached hydrogens (tertiary/aromatic N) is 5. The predicted octanol–water partition coefficient (Wildman–Crippen LogP) is 2.81. The Kier molecular flexibility index (Phi) is 9.02. The number of carbonyl (C=O) groups excluding carboxylic acids is 1. The van der Waals surface area contributed by atoms with E-state index in [4.69, 9.17) is 29.3 Å². The van der Waals surface area contributed by atoms with Crippen LogP contribution < -0.4 is 9.46 Å². The molecule has 3 aromatic rings. The normalized spacial score (nSPS) is 22.7. The first-order valence-corrected chi connectivity index (χ1v) is 17.4. The number of ether oxygens (including phenoxy) is 2. The van der Waals surface area contributed by atoms with E-state index in [0.29, 0.717) is 76.4 Å². The maximum Gasteiger partial charge on any atom is 0.304 e. The van der Waals surface area contributed by atoms with Gasteiger partial charge in [0.15, 0.2) is 5.65 Å². The lowest BCUT2D eigenvalue weighted by Gasteiger charge is -2.39. The average Bonchev–Trinajstić information content (AvgIpc) is 3.43. The van der Waals surface area contributed by atoms with Gasteiger partial charge in [0.05, 0.1) is 49.8 Å². The lowest BCUT2D eigenvalue weighted by molar-refractivity contribution is -0.325. The fraction of sp³-hybridized carbons (Fsp3) is 0.581. The second-order valence-electron chi connectivity index (χ2n) is 12.3. The largest absolute Gasteiger partial charge is 0.492 e. The van der Waals surface area contributed by atoms with Crippen LogP contribution in [0.3, 0.4) is 0 Å². The molecule has 0 radical (unpaired) electrons. The molecule has 14 heteroatoms. The van der Waals surface area contributed by atoms with Gasteiger partial charge in [-0.1, -0.05) is 24.6 Å². The number of hydrogen-bond acceptors (Lipinski definition) is 10. The highest BCUT2D eigenvalue weighted by molar-refractivity contribution is 7.87. The summed E-state index contributed by atoms with van der Waals surface area (Å²) in [5.41, 5.74) is 2.08. The highest BCUT2D eigenvalue weighted by atomic mass is 32.2. The molecule has 1 unspecified atom stereocenters. The highest BCUT2D eigenvalue weighted by Gasteiger charge is 2.34. The summed E-state index contributed by atoms with van der Waals surface area (Å²) >= 11 is 0. The minimum atomic E-state index is -4.09. The molecule has 1 amide bonds. The molecular formula is C31H40N6O7S. The molecular weight excluding hydrogens is 600 g/mol. The molecule has 2 aromatic heterocycles. The van der Waals surface area contributed by atoms with Gasteiger partial charge in [0.1, 0.15) is 11.4 Å². The number of nitrogens with one attached hydrogen (secondary N) is 1. The number of benzene rings is 1. The molecule has 13 nitrogen and oxygen atoms in total. The predicted molar refractivity (Wildman–Crippen MR) is 164 cm³/mol. The van der Waals surface area contributed by atoms with Gasteiger partial charge in [-0.3, -0.25) is 9.69 Å². The van der Waals surface area contributed by atoms with E-state index in [-0.39, 0.29) is 17.5 Å². The van der Waals surface area contributed by atoms with Gasteiger partial charge >= 0.3 is 10.2 Å². The van der Waals surface area contributed by atoms with E-state index in [1.807, 2.05) is 30.3 Å². The van der Waals surface area contributed by atoms with Gasteiger partial charge in [0.2, 0.25) is 0 Å². The third-order valence-corrected chi connectivity index (χ3v) is 10.9. The van der Waals surface area contributed by atoms with E-state index in [1.165, 1.54) is 4.31 Å². The fourth-order valence-electron chi connectivity index (χ4n) is 6.52. The minimum absolute atomic E-state index is 0.0512. The third kappa shape index (κ3) is 6.58. The van der Waals surface area contributed by atoms with Crippen LogP contribution in [-0.4, -0.2) is 104 Å². The zero-order chi connectivity index (χ0) is 30.8.